The normalized spacial score (nSPS) is 18.6. The van der Waals surface area contributed by atoms with E-state index in [0.717, 1.165) is 10.1 Å². The SMILES string of the molecule is C[C@@H](N[S@+]([O-])C(C)(C)C)c1nc2c(Br)cc(C3CC3)cn2n1. The van der Waals surface area contributed by atoms with E-state index in [-0.39, 0.29) is 10.8 Å². The molecule has 22 heavy (non-hydrogen) atoms. The molecule has 1 N–H and O–H groups in total. The smallest absolute Gasteiger partial charge is 0.172 e. The third-order valence-electron chi connectivity index (χ3n) is 3.70. The van der Waals surface area contributed by atoms with Crippen LogP contribution in [-0.2, 0) is 11.4 Å². The molecule has 120 valence electrons. The van der Waals surface area contributed by atoms with Crippen LogP contribution in [0, 0.1) is 0 Å². The minimum absolute atomic E-state index is 0.170. The van der Waals surface area contributed by atoms with Gasteiger partial charge in [0.25, 0.3) is 0 Å². The van der Waals surface area contributed by atoms with Crippen molar-refractivity contribution in [3.05, 3.63) is 28.1 Å². The molecule has 7 heteroatoms. The van der Waals surface area contributed by atoms with Crippen LogP contribution in [0.4, 0.5) is 0 Å². The van der Waals surface area contributed by atoms with Crippen molar-refractivity contribution in [1.82, 2.24) is 19.3 Å². The zero-order valence-electron chi connectivity index (χ0n) is 13.3. The summed E-state index contributed by atoms with van der Waals surface area (Å²) in [5.74, 6) is 1.32. The standard InChI is InChI=1S/C15H21BrN4OS/c1-9(19-22(21)15(2,3)4)13-17-14-12(16)7-11(10-5-6-10)8-20(14)18-13/h7-10,19H,5-6H2,1-4H3/t9-,22-/m1/s1. The predicted molar refractivity (Wildman–Crippen MR) is 92.1 cm³/mol. The quantitative estimate of drug-likeness (QED) is 0.819. The van der Waals surface area contributed by atoms with E-state index in [4.69, 9.17) is 0 Å². The van der Waals surface area contributed by atoms with E-state index in [2.05, 4.69) is 43.0 Å². The molecule has 1 aliphatic carbocycles. The van der Waals surface area contributed by atoms with Crippen molar-refractivity contribution in [3.8, 4) is 0 Å². The first-order valence-corrected chi connectivity index (χ1v) is 9.44. The summed E-state index contributed by atoms with van der Waals surface area (Å²) in [5.41, 5.74) is 2.10. The predicted octanol–water partition coefficient (Wildman–Crippen LogP) is 3.48. The molecule has 2 aromatic rings. The Bertz CT molecular complexity index is 693. The van der Waals surface area contributed by atoms with Gasteiger partial charge in [-0.2, -0.15) is 0 Å². The first-order chi connectivity index (χ1) is 10.3. The Kier molecular flexibility index (Phi) is 4.26. The summed E-state index contributed by atoms with van der Waals surface area (Å²) in [6.07, 6.45) is 4.56. The second kappa shape index (κ2) is 5.78. The fourth-order valence-electron chi connectivity index (χ4n) is 2.20. The van der Waals surface area contributed by atoms with Gasteiger partial charge in [0.15, 0.2) is 11.5 Å². The molecule has 1 aliphatic rings. The van der Waals surface area contributed by atoms with E-state index in [1.807, 2.05) is 32.2 Å². The number of nitrogens with one attached hydrogen (secondary N) is 1. The van der Waals surface area contributed by atoms with Gasteiger partial charge in [-0.1, -0.05) is 0 Å². The first kappa shape index (κ1) is 16.2. The summed E-state index contributed by atoms with van der Waals surface area (Å²) in [6.45, 7) is 7.77. The fourth-order valence-corrected chi connectivity index (χ4v) is 3.51. The number of halogens is 1. The van der Waals surface area contributed by atoms with E-state index >= 15 is 0 Å². The number of aromatic nitrogens is 3. The van der Waals surface area contributed by atoms with Crippen molar-refractivity contribution >= 4 is 32.9 Å². The van der Waals surface area contributed by atoms with Crippen molar-refractivity contribution in [2.75, 3.05) is 0 Å². The summed E-state index contributed by atoms with van der Waals surface area (Å²) in [5, 5.41) is 4.56. The highest BCUT2D eigenvalue weighted by atomic mass is 79.9. The molecular formula is C15H21BrN4OS. The molecule has 0 spiro atoms. The second-order valence-corrected chi connectivity index (χ2v) is 9.71. The maximum Gasteiger partial charge on any atom is 0.172 e. The molecule has 0 amide bonds. The summed E-state index contributed by atoms with van der Waals surface area (Å²) >= 11 is 2.44. The third-order valence-corrected chi connectivity index (χ3v) is 5.97. The molecular weight excluding hydrogens is 364 g/mol. The molecule has 3 rings (SSSR count). The van der Waals surface area contributed by atoms with Gasteiger partial charge in [0.05, 0.1) is 4.47 Å². The van der Waals surface area contributed by atoms with Crippen molar-refractivity contribution in [1.29, 1.82) is 0 Å². The van der Waals surface area contributed by atoms with Gasteiger partial charge in [-0.25, -0.2) is 9.50 Å². The maximum absolute atomic E-state index is 12.2. The van der Waals surface area contributed by atoms with Crippen LogP contribution in [-0.4, -0.2) is 23.9 Å². The van der Waals surface area contributed by atoms with Crippen LogP contribution in [0.2, 0.25) is 0 Å². The molecule has 1 saturated carbocycles. The van der Waals surface area contributed by atoms with Crippen molar-refractivity contribution < 1.29 is 4.55 Å². The van der Waals surface area contributed by atoms with E-state index in [1.54, 1.807) is 0 Å². The van der Waals surface area contributed by atoms with Gasteiger partial charge in [0, 0.05) is 17.6 Å². The number of rotatable bonds is 4. The van der Waals surface area contributed by atoms with Gasteiger partial charge >= 0.3 is 0 Å². The third kappa shape index (κ3) is 3.32. The summed E-state index contributed by atoms with van der Waals surface area (Å²) in [4.78, 5) is 4.58. The number of nitrogens with zero attached hydrogens (tertiary/aromatic N) is 3. The lowest BCUT2D eigenvalue weighted by molar-refractivity contribution is 0.526. The lowest BCUT2D eigenvalue weighted by Gasteiger charge is -2.25. The zero-order chi connectivity index (χ0) is 16.1. The van der Waals surface area contributed by atoms with E-state index in [1.165, 1.54) is 18.4 Å². The number of hydrogen-bond donors (Lipinski definition) is 1. The van der Waals surface area contributed by atoms with Crippen LogP contribution in [0.5, 0.6) is 0 Å². The molecule has 5 nitrogen and oxygen atoms in total. The fraction of sp³-hybridized carbons (Fsp3) is 0.600. The summed E-state index contributed by atoms with van der Waals surface area (Å²) in [7, 11) is 0. The van der Waals surface area contributed by atoms with Gasteiger partial charge in [-0.15, -0.1) is 9.82 Å². The van der Waals surface area contributed by atoms with Crippen molar-refractivity contribution in [2.24, 2.45) is 0 Å². The lowest BCUT2D eigenvalue weighted by atomic mass is 10.2. The summed E-state index contributed by atoms with van der Waals surface area (Å²) < 4.78 is 17.8. The number of fused-ring (bicyclic) bond motifs is 1. The molecule has 2 aromatic heterocycles. The molecule has 0 saturated heterocycles. The molecule has 0 bridgehead atoms. The Balaban J connectivity index is 1.86. The average Bonchev–Trinajstić information content (AvgIpc) is 3.17. The monoisotopic (exact) mass is 384 g/mol. The largest absolute Gasteiger partial charge is 0.598 e. The maximum atomic E-state index is 12.2. The molecule has 2 atom stereocenters. The van der Waals surface area contributed by atoms with Gasteiger partial charge in [-0.3, -0.25) is 0 Å². The number of hydrogen-bond acceptors (Lipinski definition) is 4. The zero-order valence-corrected chi connectivity index (χ0v) is 15.7. The van der Waals surface area contributed by atoms with Crippen LogP contribution >= 0.6 is 15.9 Å². The Labute approximate surface area is 142 Å². The van der Waals surface area contributed by atoms with E-state index < -0.39 is 11.4 Å². The highest BCUT2D eigenvalue weighted by molar-refractivity contribution is 9.10. The second-order valence-electron chi connectivity index (χ2n) is 6.85. The minimum Gasteiger partial charge on any atom is -0.598 e. The van der Waals surface area contributed by atoms with Crippen LogP contribution in [0.15, 0.2) is 16.7 Å². The minimum atomic E-state index is -1.15. The average molecular weight is 385 g/mol. The Morgan fingerprint density at radius 1 is 1.45 bits per heavy atom. The molecule has 0 aliphatic heterocycles. The van der Waals surface area contributed by atoms with Crippen LogP contribution < -0.4 is 4.72 Å². The van der Waals surface area contributed by atoms with Gasteiger partial charge in [0.2, 0.25) is 0 Å². The molecule has 0 unspecified atom stereocenters. The van der Waals surface area contributed by atoms with Gasteiger partial charge in [0.1, 0.15) is 10.8 Å². The molecule has 0 aromatic carbocycles. The number of pyridine rings is 1. The molecule has 2 heterocycles. The topological polar surface area (TPSA) is 65.3 Å². The highest BCUT2D eigenvalue weighted by Crippen LogP contribution is 2.41. The lowest BCUT2D eigenvalue weighted by Crippen LogP contribution is -2.40. The molecule has 0 radical (unpaired) electrons. The molecule has 1 fully saturated rings. The van der Waals surface area contributed by atoms with Crippen LogP contribution in [0.1, 0.15) is 63.9 Å². The van der Waals surface area contributed by atoms with Gasteiger partial charge in [-0.05, 0) is 74.0 Å². The Morgan fingerprint density at radius 3 is 2.73 bits per heavy atom. The van der Waals surface area contributed by atoms with E-state index in [0.29, 0.717) is 11.7 Å². The first-order valence-electron chi connectivity index (χ1n) is 7.49. The Morgan fingerprint density at radius 2 is 2.14 bits per heavy atom. The van der Waals surface area contributed by atoms with Crippen LogP contribution in [0.25, 0.3) is 5.65 Å². The van der Waals surface area contributed by atoms with Gasteiger partial charge < -0.3 is 4.55 Å². The summed E-state index contributed by atoms with van der Waals surface area (Å²) in [6, 6.07) is 1.97. The highest BCUT2D eigenvalue weighted by Gasteiger charge is 2.30. The van der Waals surface area contributed by atoms with Crippen molar-refractivity contribution in [3.63, 3.8) is 0 Å². The van der Waals surface area contributed by atoms with Crippen LogP contribution in [0.3, 0.4) is 0 Å². The Hall–Kier alpha value is -0.630. The van der Waals surface area contributed by atoms with E-state index in [9.17, 15) is 4.55 Å². The van der Waals surface area contributed by atoms with Crippen molar-refractivity contribution in [2.45, 2.75) is 57.2 Å².